The number of hydrogen-bond acceptors (Lipinski definition) is 4. The highest BCUT2D eigenvalue weighted by Crippen LogP contribution is 2.10. The van der Waals surface area contributed by atoms with E-state index in [0.717, 1.165) is 6.07 Å². The standard InChI is InChI=1S/C16H16FN3O3/c1-3-7-20(16(22)12-5-4-6-13(17)9-12)10-15(21)18-14-8-11(2)23-19-14/h3-6,8-9H,1,7,10H2,2H3,(H,18,19,21). The van der Waals surface area contributed by atoms with Crippen molar-refractivity contribution in [1.82, 2.24) is 10.1 Å². The third-order valence-corrected chi connectivity index (χ3v) is 2.94. The molecule has 1 N–H and O–H groups in total. The van der Waals surface area contributed by atoms with Crippen LogP contribution in [0.4, 0.5) is 10.2 Å². The van der Waals surface area contributed by atoms with Crippen molar-refractivity contribution in [2.45, 2.75) is 6.92 Å². The average molecular weight is 317 g/mol. The number of nitrogens with one attached hydrogen (secondary N) is 1. The van der Waals surface area contributed by atoms with Gasteiger partial charge in [-0.15, -0.1) is 6.58 Å². The molecule has 0 saturated heterocycles. The van der Waals surface area contributed by atoms with Crippen LogP contribution in [0.5, 0.6) is 0 Å². The second kappa shape index (κ2) is 7.35. The van der Waals surface area contributed by atoms with Gasteiger partial charge in [0.15, 0.2) is 5.82 Å². The molecule has 0 aliphatic rings. The Labute approximate surface area is 132 Å². The van der Waals surface area contributed by atoms with E-state index in [1.54, 1.807) is 13.0 Å². The highest BCUT2D eigenvalue weighted by atomic mass is 19.1. The molecule has 1 heterocycles. The first kappa shape index (κ1) is 16.4. The molecule has 0 bridgehead atoms. The zero-order valence-electron chi connectivity index (χ0n) is 12.6. The van der Waals surface area contributed by atoms with Gasteiger partial charge in [0.25, 0.3) is 5.91 Å². The summed E-state index contributed by atoms with van der Waals surface area (Å²) in [5.74, 6) is -0.596. The molecule has 7 heteroatoms. The molecule has 0 saturated carbocycles. The maximum Gasteiger partial charge on any atom is 0.254 e. The van der Waals surface area contributed by atoms with Gasteiger partial charge in [-0.05, 0) is 25.1 Å². The van der Waals surface area contributed by atoms with E-state index in [-0.39, 0.29) is 24.5 Å². The normalized spacial score (nSPS) is 10.2. The van der Waals surface area contributed by atoms with Gasteiger partial charge < -0.3 is 14.7 Å². The van der Waals surface area contributed by atoms with E-state index in [2.05, 4.69) is 17.1 Å². The van der Waals surface area contributed by atoms with Gasteiger partial charge in [-0.2, -0.15) is 0 Å². The van der Waals surface area contributed by atoms with Crippen molar-refractivity contribution in [2.24, 2.45) is 0 Å². The van der Waals surface area contributed by atoms with Crippen LogP contribution in [0.25, 0.3) is 0 Å². The average Bonchev–Trinajstić information content (AvgIpc) is 2.91. The van der Waals surface area contributed by atoms with Crippen molar-refractivity contribution >= 4 is 17.6 Å². The van der Waals surface area contributed by atoms with Gasteiger partial charge in [-0.3, -0.25) is 9.59 Å². The lowest BCUT2D eigenvalue weighted by molar-refractivity contribution is -0.116. The lowest BCUT2D eigenvalue weighted by Gasteiger charge is -2.20. The topological polar surface area (TPSA) is 75.4 Å². The van der Waals surface area contributed by atoms with E-state index in [0.29, 0.717) is 5.76 Å². The van der Waals surface area contributed by atoms with Crippen molar-refractivity contribution in [2.75, 3.05) is 18.4 Å². The van der Waals surface area contributed by atoms with E-state index < -0.39 is 17.6 Å². The van der Waals surface area contributed by atoms with Crippen molar-refractivity contribution in [1.29, 1.82) is 0 Å². The third-order valence-electron chi connectivity index (χ3n) is 2.94. The maximum atomic E-state index is 13.2. The summed E-state index contributed by atoms with van der Waals surface area (Å²) in [6.07, 6.45) is 1.49. The highest BCUT2D eigenvalue weighted by Gasteiger charge is 2.19. The minimum absolute atomic E-state index is 0.153. The van der Waals surface area contributed by atoms with Crippen LogP contribution in [0.3, 0.4) is 0 Å². The minimum Gasteiger partial charge on any atom is -0.360 e. The Morgan fingerprint density at radius 2 is 2.22 bits per heavy atom. The third kappa shape index (κ3) is 4.50. The number of benzene rings is 1. The Bertz CT molecular complexity index is 727. The zero-order valence-corrected chi connectivity index (χ0v) is 12.6. The number of aromatic nitrogens is 1. The summed E-state index contributed by atoms with van der Waals surface area (Å²) in [7, 11) is 0. The molecule has 0 radical (unpaired) electrons. The smallest absolute Gasteiger partial charge is 0.254 e. The van der Waals surface area contributed by atoms with Gasteiger partial charge in [0.05, 0.1) is 0 Å². The first-order valence-corrected chi connectivity index (χ1v) is 6.88. The van der Waals surface area contributed by atoms with Crippen LogP contribution in [0.2, 0.25) is 0 Å². The van der Waals surface area contributed by atoms with E-state index in [1.807, 2.05) is 0 Å². The quantitative estimate of drug-likeness (QED) is 0.830. The van der Waals surface area contributed by atoms with Crippen LogP contribution in [0.15, 0.2) is 47.5 Å². The van der Waals surface area contributed by atoms with Crippen LogP contribution in [-0.4, -0.2) is 35.0 Å². The monoisotopic (exact) mass is 317 g/mol. The SMILES string of the molecule is C=CCN(CC(=O)Nc1cc(C)on1)C(=O)c1cccc(F)c1. The molecule has 0 spiro atoms. The molecule has 0 aliphatic heterocycles. The Morgan fingerprint density at radius 1 is 1.43 bits per heavy atom. The summed E-state index contributed by atoms with van der Waals surface area (Å²) in [6.45, 7) is 5.19. The Hall–Kier alpha value is -2.96. The number of carbonyl (C=O) groups is 2. The Kier molecular flexibility index (Phi) is 5.24. The molecular formula is C16H16FN3O3. The van der Waals surface area contributed by atoms with Gasteiger partial charge in [-0.25, -0.2) is 4.39 Å². The summed E-state index contributed by atoms with van der Waals surface area (Å²) in [4.78, 5) is 25.6. The van der Waals surface area contributed by atoms with Crippen LogP contribution in [-0.2, 0) is 4.79 Å². The maximum absolute atomic E-state index is 13.2. The lowest BCUT2D eigenvalue weighted by Crippen LogP contribution is -2.38. The fourth-order valence-corrected chi connectivity index (χ4v) is 1.96. The largest absolute Gasteiger partial charge is 0.360 e. The molecule has 6 nitrogen and oxygen atoms in total. The van der Waals surface area contributed by atoms with Crippen LogP contribution in [0, 0.1) is 12.7 Å². The molecule has 1 aromatic heterocycles. The zero-order chi connectivity index (χ0) is 16.8. The van der Waals surface area contributed by atoms with Gasteiger partial charge >= 0.3 is 0 Å². The minimum atomic E-state index is -0.517. The fraction of sp³-hybridized carbons (Fsp3) is 0.188. The summed E-state index contributed by atoms with van der Waals surface area (Å²) in [6, 6.07) is 6.85. The molecule has 0 fully saturated rings. The number of hydrogen-bond donors (Lipinski definition) is 1. The number of halogens is 1. The van der Waals surface area contributed by atoms with Crippen LogP contribution < -0.4 is 5.32 Å². The van der Waals surface area contributed by atoms with Crippen LogP contribution >= 0.6 is 0 Å². The molecule has 23 heavy (non-hydrogen) atoms. The highest BCUT2D eigenvalue weighted by molar-refractivity contribution is 5.99. The molecule has 2 amide bonds. The summed E-state index contributed by atoms with van der Waals surface area (Å²) >= 11 is 0. The van der Waals surface area contributed by atoms with Gasteiger partial charge in [0.2, 0.25) is 5.91 Å². The van der Waals surface area contributed by atoms with E-state index in [1.165, 1.54) is 29.2 Å². The molecule has 0 aliphatic carbocycles. The number of anilines is 1. The molecule has 1 aromatic carbocycles. The van der Waals surface area contributed by atoms with E-state index >= 15 is 0 Å². The first-order valence-electron chi connectivity index (χ1n) is 6.88. The first-order chi connectivity index (χ1) is 11.0. The Morgan fingerprint density at radius 3 is 2.83 bits per heavy atom. The van der Waals surface area contributed by atoms with E-state index in [4.69, 9.17) is 4.52 Å². The molecule has 120 valence electrons. The van der Waals surface area contributed by atoms with Gasteiger partial charge in [0.1, 0.15) is 18.1 Å². The second-order valence-corrected chi connectivity index (χ2v) is 4.86. The second-order valence-electron chi connectivity index (χ2n) is 4.86. The summed E-state index contributed by atoms with van der Waals surface area (Å²) in [5, 5.41) is 6.17. The fourth-order valence-electron chi connectivity index (χ4n) is 1.96. The van der Waals surface area contributed by atoms with Crippen molar-refractivity contribution in [3.05, 3.63) is 60.1 Å². The van der Waals surface area contributed by atoms with Gasteiger partial charge in [-0.1, -0.05) is 17.3 Å². The predicted octanol–water partition coefficient (Wildman–Crippen LogP) is 2.39. The number of aryl methyl sites for hydroxylation is 1. The lowest BCUT2D eigenvalue weighted by atomic mass is 10.2. The number of amides is 2. The van der Waals surface area contributed by atoms with Gasteiger partial charge in [0, 0.05) is 18.2 Å². The number of rotatable bonds is 6. The van der Waals surface area contributed by atoms with E-state index in [9.17, 15) is 14.0 Å². The molecule has 2 rings (SSSR count). The summed E-state index contributed by atoms with van der Waals surface area (Å²) < 4.78 is 18.1. The number of nitrogens with zero attached hydrogens (tertiary/aromatic N) is 2. The molecular weight excluding hydrogens is 301 g/mol. The molecule has 2 aromatic rings. The summed E-state index contributed by atoms with van der Waals surface area (Å²) in [5.41, 5.74) is 0.164. The molecule has 0 unspecified atom stereocenters. The molecule has 0 atom stereocenters. The van der Waals surface area contributed by atoms with Crippen molar-refractivity contribution in [3.8, 4) is 0 Å². The van der Waals surface area contributed by atoms with Crippen molar-refractivity contribution < 1.29 is 18.5 Å². The van der Waals surface area contributed by atoms with Crippen molar-refractivity contribution in [3.63, 3.8) is 0 Å². The number of carbonyl (C=O) groups excluding carboxylic acids is 2. The van der Waals surface area contributed by atoms with Crippen LogP contribution in [0.1, 0.15) is 16.1 Å². The Balaban J connectivity index is 2.07. The predicted molar refractivity (Wildman–Crippen MR) is 82.4 cm³/mol.